The Kier molecular flexibility index (Phi) is 2.78. The summed E-state index contributed by atoms with van der Waals surface area (Å²) in [6, 6.07) is 0. The molecule has 0 saturated carbocycles. The highest BCUT2D eigenvalue weighted by Crippen LogP contribution is 2.39. The molecule has 1 aromatic heterocycles. The SMILES string of the molecule is Cn1cc(CC2(CN)CCCS2)nn1. The highest BCUT2D eigenvalue weighted by atomic mass is 32.2. The first-order chi connectivity index (χ1) is 6.74. The molecule has 1 unspecified atom stereocenters. The number of aromatic nitrogens is 3. The van der Waals surface area contributed by atoms with Crippen LogP contribution >= 0.6 is 11.8 Å². The molecular formula is C9H16N4S. The van der Waals surface area contributed by atoms with Crippen LogP contribution in [0.5, 0.6) is 0 Å². The largest absolute Gasteiger partial charge is 0.329 e. The summed E-state index contributed by atoms with van der Waals surface area (Å²) in [4.78, 5) is 0. The molecule has 4 nitrogen and oxygen atoms in total. The molecule has 5 heteroatoms. The maximum atomic E-state index is 5.85. The van der Waals surface area contributed by atoms with Gasteiger partial charge in [-0.25, -0.2) is 0 Å². The Morgan fingerprint density at radius 3 is 3.07 bits per heavy atom. The number of hydrogen-bond donors (Lipinski definition) is 1. The van der Waals surface area contributed by atoms with E-state index in [4.69, 9.17) is 5.73 Å². The smallest absolute Gasteiger partial charge is 0.0841 e. The average molecular weight is 212 g/mol. The maximum absolute atomic E-state index is 5.85. The lowest BCUT2D eigenvalue weighted by Crippen LogP contribution is -2.34. The molecule has 0 aromatic carbocycles. The summed E-state index contributed by atoms with van der Waals surface area (Å²) < 4.78 is 1.98. The molecule has 1 saturated heterocycles. The summed E-state index contributed by atoms with van der Waals surface area (Å²) in [5, 5.41) is 8.06. The van der Waals surface area contributed by atoms with E-state index in [1.54, 1.807) is 4.68 Å². The second kappa shape index (κ2) is 3.90. The monoisotopic (exact) mass is 212 g/mol. The van der Waals surface area contributed by atoms with Crippen LogP contribution in [-0.2, 0) is 13.5 Å². The summed E-state index contributed by atoms with van der Waals surface area (Å²) in [5.41, 5.74) is 6.91. The number of nitrogens with two attached hydrogens (primary N) is 1. The van der Waals surface area contributed by atoms with Gasteiger partial charge in [0.2, 0.25) is 0 Å². The Bertz CT molecular complexity index is 304. The van der Waals surface area contributed by atoms with E-state index >= 15 is 0 Å². The zero-order valence-corrected chi connectivity index (χ0v) is 9.26. The van der Waals surface area contributed by atoms with E-state index in [1.165, 1.54) is 18.6 Å². The fraction of sp³-hybridized carbons (Fsp3) is 0.778. The van der Waals surface area contributed by atoms with Crippen LogP contribution in [0, 0.1) is 0 Å². The van der Waals surface area contributed by atoms with Crippen LogP contribution in [0.1, 0.15) is 18.5 Å². The van der Waals surface area contributed by atoms with E-state index in [1.807, 2.05) is 25.0 Å². The Hall–Kier alpha value is -0.550. The van der Waals surface area contributed by atoms with Gasteiger partial charge < -0.3 is 5.73 Å². The lowest BCUT2D eigenvalue weighted by atomic mass is 9.98. The normalized spacial score (nSPS) is 27.0. The van der Waals surface area contributed by atoms with Crippen LogP contribution in [0.3, 0.4) is 0 Å². The lowest BCUT2D eigenvalue weighted by molar-refractivity contribution is 0.557. The topological polar surface area (TPSA) is 56.7 Å². The third-order valence-electron chi connectivity index (χ3n) is 2.71. The number of rotatable bonds is 3. The Labute approximate surface area is 88.2 Å². The van der Waals surface area contributed by atoms with Crippen molar-refractivity contribution in [1.82, 2.24) is 15.0 Å². The first-order valence-corrected chi connectivity index (χ1v) is 5.92. The standard InChI is InChI=1S/C9H16N4S/c1-13-6-8(11-12-13)5-9(7-10)3-2-4-14-9/h6H,2-5,7,10H2,1H3. The summed E-state index contributed by atoms with van der Waals surface area (Å²) in [6.45, 7) is 0.744. The Morgan fingerprint density at radius 1 is 1.71 bits per heavy atom. The number of nitrogens with zero attached hydrogens (tertiary/aromatic N) is 3. The van der Waals surface area contributed by atoms with Gasteiger partial charge in [-0.1, -0.05) is 5.21 Å². The molecule has 0 bridgehead atoms. The lowest BCUT2D eigenvalue weighted by Gasteiger charge is -2.24. The minimum Gasteiger partial charge on any atom is -0.329 e. The van der Waals surface area contributed by atoms with Crippen LogP contribution in [0.15, 0.2) is 6.20 Å². The molecule has 2 heterocycles. The van der Waals surface area contributed by atoms with E-state index < -0.39 is 0 Å². The highest BCUT2D eigenvalue weighted by Gasteiger charge is 2.34. The van der Waals surface area contributed by atoms with Crippen LogP contribution < -0.4 is 5.73 Å². The van der Waals surface area contributed by atoms with Crippen molar-refractivity contribution in [3.63, 3.8) is 0 Å². The molecule has 2 rings (SSSR count). The molecule has 0 radical (unpaired) electrons. The summed E-state index contributed by atoms with van der Waals surface area (Å²) in [6.07, 6.45) is 5.44. The van der Waals surface area contributed by atoms with Gasteiger partial charge in [-0.3, -0.25) is 4.68 Å². The summed E-state index contributed by atoms with van der Waals surface area (Å²) in [7, 11) is 1.90. The second-order valence-electron chi connectivity index (χ2n) is 3.90. The predicted molar refractivity (Wildman–Crippen MR) is 58.2 cm³/mol. The average Bonchev–Trinajstić information content (AvgIpc) is 2.77. The fourth-order valence-electron chi connectivity index (χ4n) is 1.93. The molecule has 0 amide bonds. The van der Waals surface area contributed by atoms with Gasteiger partial charge in [-0.05, 0) is 18.6 Å². The molecule has 78 valence electrons. The van der Waals surface area contributed by atoms with Crippen LogP contribution in [0.2, 0.25) is 0 Å². The van der Waals surface area contributed by atoms with Crippen LogP contribution in [-0.4, -0.2) is 32.0 Å². The van der Waals surface area contributed by atoms with E-state index in [-0.39, 0.29) is 4.75 Å². The number of aryl methyl sites for hydroxylation is 1. The van der Waals surface area contributed by atoms with Crippen molar-refractivity contribution in [2.24, 2.45) is 12.8 Å². The van der Waals surface area contributed by atoms with Gasteiger partial charge >= 0.3 is 0 Å². The molecule has 1 atom stereocenters. The molecule has 1 aliphatic heterocycles. The molecule has 1 fully saturated rings. The minimum atomic E-state index is 0.232. The van der Waals surface area contributed by atoms with Gasteiger partial charge in [0.25, 0.3) is 0 Å². The first kappa shape index (κ1) is 9.98. The predicted octanol–water partition coefficient (Wildman–Crippen LogP) is 0.582. The zero-order chi connectivity index (χ0) is 10.0. The van der Waals surface area contributed by atoms with E-state index in [9.17, 15) is 0 Å². The minimum absolute atomic E-state index is 0.232. The summed E-state index contributed by atoms with van der Waals surface area (Å²) >= 11 is 1.99. The highest BCUT2D eigenvalue weighted by molar-refractivity contribution is 8.00. The van der Waals surface area contributed by atoms with Crippen molar-refractivity contribution in [1.29, 1.82) is 0 Å². The van der Waals surface area contributed by atoms with Crippen LogP contribution in [0.4, 0.5) is 0 Å². The van der Waals surface area contributed by atoms with Gasteiger partial charge in [-0.15, -0.1) is 5.10 Å². The summed E-state index contributed by atoms with van der Waals surface area (Å²) in [5.74, 6) is 1.23. The van der Waals surface area contributed by atoms with E-state index in [0.717, 1.165) is 18.7 Å². The molecule has 0 spiro atoms. The van der Waals surface area contributed by atoms with Crippen molar-refractivity contribution in [2.45, 2.75) is 24.0 Å². The van der Waals surface area contributed by atoms with Gasteiger partial charge in [0.15, 0.2) is 0 Å². The molecule has 0 aliphatic carbocycles. The number of thioether (sulfide) groups is 1. The Balaban J connectivity index is 2.08. The first-order valence-electron chi connectivity index (χ1n) is 4.93. The molecule has 1 aromatic rings. The van der Waals surface area contributed by atoms with E-state index in [0.29, 0.717) is 0 Å². The van der Waals surface area contributed by atoms with Crippen molar-refractivity contribution < 1.29 is 0 Å². The molecule has 2 N–H and O–H groups in total. The van der Waals surface area contributed by atoms with Gasteiger partial charge in [0.1, 0.15) is 0 Å². The van der Waals surface area contributed by atoms with Crippen LogP contribution in [0.25, 0.3) is 0 Å². The molecule has 14 heavy (non-hydrogen) atoms. The quantitative estimate of drug-likeness (QED) is 0.796. The van der Waals surface area contributed by atoms with Gasteiger partial charge in [-0.2, -0.15) is 11.8 Å². The van der Waals surface area contributed by atoms with Crippen molar-refractivity contribution in [2.75, 3.05) is 12.3 Å². The maximum Gasteiger partial charge on any atom is 0.0841 e. The number of hydrogen-bond acceptors (Lipinski definition) is 4. The van der Waals surface area contributed by atoms with Crippen molar-refractivity contribution >= 4 is 11.8 Å². The van der Waals surface area contributed by atoms with Gasteiger partial charge in [0.05, 0.1) is 5.69 Å². The van der Waals surface area contributed by atoms with E-state index in [2.05, 4.69) is 10.3 Å². The third kappa shape index (κ3) is 1.93. The second-order valence-corrected chi connectivity index (χ2v) is 5.46. The zero-order valence-electron chi connectivity index (χ0n) is 8.44. The van der Waals surface area contributed by atoms with Gasteiger partial charge in [0, 0.05) is 31.0 Å². The molecule has 1 aliphatic rings. The van der Waals surface area contributed by atoms with Crippen molar-refractivity contribution in [3.8, 4) is 0 Å². The van der Waals surface area contributed by atoms with Crippen molar-refractivity contribution in [3.05, 3.63) is 11.9 Å². The third-order valence-corrected chi connectivity index (χ3v) is 4.33. The molecular weight excluding hydrogens is 196 g/mol. The fourth-order valence-corrected chi connectivity index (χ4v) is 3.31. The Morgan fingerprint density at radius 2 is 2.57 bits per heavy atom.